The largest absolute Gasteiger partial charge is 0.380 e. The summed E-state index contributed by atoms with van der Waals surface area (Å²) in [5, 5.41) is 0. The average molecular weight is 305 g/mol. The van der Waals surface area contributed by atoms with Crippen molar-refractivity contribution < 1.29 is 17.9 Å². The minimum Gasteiger partial charge on any atom is -0.380 e. The van der Waals surface area contributed by atoms with Crippen LogP contribution >= 0.6 is 0 Å². The van der Waals surface area contributed by atoms with E-state index in [1.807, 2.05) is 6.92 Å². The summed E-state index contributed by atoms with van der Waals surface area (Å²) in [4.78, 5) is 0. The molecule has 4 atom stereocenters. The van der Waals surface area contributed by atoms with Crippen LogP contribution in [0.25, 0.3) is 0 Å². The first-order valence-electron chi connectivity index (χ1n) is 7.42. The molecule has 2 fully saturated rings. The number of rotatable bonds is 6. The Kier molecular flexibility index (Phi) is 4.79. The third-order valence-corrected chi connectivity index (χ3v) is 6.22. The van der Waals surface area contributed by atoms with Crippen LogP contribution in [0, 0.1) is 11.3 Å². The molecule has 2 aliphatic rings. The van der Waals surface area contributed by atoms with E-state index >= 15 is 0 Å². The summed E-state index contributed by atoms with van der Waals surface area (Å²) in [6.07, 6.45) is 2.83. The molecular weight excluding hydrogens is 278 g/mol. The van der Waals surface area contributed by atoms with E-state index in [9.17, 15) is 8.42 Å². The molecule has 1 aliphatic carbocycles. The fourth-order valence-electron chi connectivity index (χ4n) is 3.78. The number of ether oxygens (including phenoxy) is 2. The minimum atomic E-state index is -3.25. The van der Waals surface area contributed by atoms with Crippen molar-refractivity contribution in [3.63, 3.8) is 0 Å². The van der Waals surface area contributed by atoms with Gasteiger partial charge in [-0.2, -0.15) is 0 Å². The van der Waals surface area contributed by atoms with Crippen LogP contribution in [0.5, 0.6) is 0 Å². The number of nitrogens with one attached hydrogen (secondary N) is 1. The summed E-state index contributed by atoms with van der Waals surface area (Å²) in [5.41, 5.74) is -0.162. The van der Waals surface area contributed by atoms with Crippen LogP contribution in [0.15, 0.2) is 0 Å². The summed E-state index contributed by atoms with van der Waals surface area (Å²) >= 11 is 0. The predicted octanol–water partition coefficient (Wildman–Crippen LogP) is 1.53. The quantitative estimate of drug-likeness (QED) is 0.808. The van der Waals surface area contributed by atoms with Crippen LogP contribution in [-0.2, 0) is 19.5 Å². The van der Waals surface area contributed by atoms with Gasteiger partial charge in [0.05, 0.1) is 18.0 Å². The zero-order valence-electron chi connectivity index (χ0n) is 12.9. The first-order chi connectivity index (χ1) is 9.28. The van der Waals surface area contributed by atoms with Crippen molar-refractivity contribution in [2.24, 2.45) is 11.3 Å². The molecule has 0 bridgehead atoms. The molecule has 1 N–H and O–H groups in total. The second-order valence-corrected chi connectivity index (χ2v) is 8.55. The predicted molar refractivity (Wildman–Crippen MR) is 78.0 cm³/mol. The molecule has 6 heteroatoms. The maximum atomic E-state index is 12.2. The topological polar surface area (TPSA) is 64.6 Å². The second kappa shape index (κ2) is 5.91. The molecule has 118 valence electrons. The van der Waals surface area contributed by atoms with Crippen molar-refractivity contribution in [3.05, 3.63) is 0 Å². The zero-order chi connectivity index (χ0) is 15.0. The van der Waals surface area contributed by atoms with E-state index in [0.29, 0.717) is 6.42 Å². The smallest absolute Gasteiger partial charge is 0.211 e. The standard InChI is InChI=1S/C14H27NO4S/c1-10-12(14(2,3)13(10)18-4)15-20(16,17)9-7-11-6-5-8-19-11/h10-13,15H,5-9H2,1-4H3/t10-,11-,12+,13-/m1/s1. The Morgan fingerprint density at radius 3 is 2.60 bits per heavy atom. The summed E-state index contributed by atoms with van der Waals surface area (Å²) in [6.45, 7) is 6.90. The third-order valence-electron chi connectivity index (χ3n) is 4.83. The number of hydrogen-bond donors (Lipinski definition) is 1. The molecule has 0 radical (unpaired) electrons. The summed E-state index contributed by atoms with van der Waals surface area (Å²) < 4.78 is 38.2. The van der Waals surface area contributed by atoms with Crippen LogP contribution in [0.4, 0.5) is 0 Å². The van der Waals surface area contributed by atoms with Crippen molar-refractivity contribution in [2.45, 2.75) is 58.3 Å². The molecule has 0 aromatic rings. The van der Waals surface area contributed by atoms with Crippen molar-refractivity contribution in [3.8, 4) is 0 Å². The van der Waals surface area contributed by atoms with E-state index in [1.165, 1.54) is 0 Å². The molecule has 20 heavy (non-hydrogen) atoms. The van der Waals surface area contributed by atoms with E-state index < -0.39 is 10.0 Å². The highest BCUT2D eigenvalue weighted by Gasteiger charge is 2.55. The van der Waals surface area contributed by atoms with E-state index in [-0.39, 0.29) is 35.3 Å². The number of hydrogen-bond acceptors (Lipinski definition) is 4. The van der Waals surface area contributed by atoms with Gasteiger partial charge in [-0.25, -0.2) is 13.1 Å². The molecule has 2 rings (SSSR count). The van der Waals surface area contributed by atoms with Gasteiger partial charge in [-0.15, -0.1) is 0 Å². The van der Waals surface area contributed by atoms with Gasteiger partial charge in [-0.1, -0.05) is 20.8 Å². The fraction of sp³-hybridized carbons (Fsp3) is 1.00. The molecule has 5 nitrogen and oxygen atoms in total. The maximum absolute atomic E-state index is 12.2. The van der Waals surface area contributed by atoms with Crippen molar-refractivity contribution in [1.29, 1.82) is 0 Å². The van der Waals surface area contributed by atoms with Crippen LogP contribution in [0.3, 0.4) is 0 Å². The Morgan fingerprint density at radius 1 is 1.40 bits per heavy atom. The molecule has 1 aliphatic heterocycles. The fourth-order valence-corrected chi connectivity index (χ4v) is 5.37. The van der Waals surface area contributed by atoms with Crippen LogP contribution < -0.4 is 4.72 Å². The van der Waals surface area contributed by atoms with E-state index in [2.05, 4.69) is 18.6 Å². The molecule has 0 aromatic heterocycles. The van der Waals surface area contributed by atoms with E-state index in [0.717, 1.165) is 19.4 Å². The van der Waals surface area contributed by atoms with Crippen molar-refractivity contribution >= 4 is 10.0 Å². The maximum Gasteiger partial charge on any atom is 0.211 e. The van der Waals surface area contributed by atoms with Crippen molar-refractivity contribution in [2.75, 3.05) is 19.5 Å². The Balaban J connectivity index is 1.88. The van der Waals surface area contributed by atoms with Gasteiger partial charge in [0.1, 0.15) is 0 Å². The van der Waals surface area contributed by atoms with E-state index in [1.54, 1.807) is 7.11 Å². The lowest BCUT2D eigenvalue weighted by atomic mass is 9.58. The van der Waals surface area contributed by atoms with Gasteiger partial charge in [0.15, 0.2) is 0 Å². The molecule has 0 amide bonds. The normalized spacial score (nSPS) is 36.8. The SMILES string of the molecule is CO[C@@H]1[C@H](C)[C@H](NS(=O)(=O)CC[C@H]2CCCO2)C1(C)C. The highest BCUT2D eigenvalue weighted by atomic mass is 32.2. The molecule has 0 unspecified atom stereocenters. The van der Waals surface area contributed by atoms with Gasteiger partial charge in [0.25, 0.3) is 0 Å². The Labute approximate surface area is 122 Å². The minimum absolute atomic E-state index is 0.0538. The third kappa shape index (κ3) is 3.18. The Morgan fingerprint density at radius 2 is 2.10 bits per heavy atom. The van der Waals surface area contributed by atoms with Crippen molar-refractivity contribution in [1.82, 2.24) is 4.72 Å². The van der Waals surface area contributed by atoms with Crippen LogP contribution in [0.1, 0.15) is 40.0 Å². The highest BCUT2D eigenvalue weighted by molar-refractivity contribution is 7.89. The van der Waals surface area contributed by atoms with Gasteiger partial charge in [0, 0.05) is 25.2 Å². The monoisotopic (exact) mass is 305 g/mol. The summed E-state index contributed by atoms with van der Waals surface area (Å²) in [5.74, 6) is 0.349. The first-order valence-corrected chi connectivity index (χ1v) is 9.07. The number of methoxy groups -OCH3 is 1. The van der Waals surface area contributed by atoms with Crippen LogP contribution in [-0.4, -0.2) is 46.1 Å². The molecule has 0 aromatic carbocycles. The van der Waals surface area contributed by atoms with Gasteiger partial charge < -0.3 is 9.47 Å². The Bertz CT molecular complexity index is 428. The molecule has 0 spiro atoms. The van der Waals surface area contributed by atoms with Gasteiger partial charge >= 0.3 is 0 Å². The first kappa shape index (κ1) is 16.2. The molecular formula is C14H27NO4S. The summed E-state index contributed by atoms with van der Waals surface area (Å²) in [6, 6.07) is -0.0538. The summed E-state index contributed by atoms with van der Waals surface area (Å²) in [7, 11) is -1.56. The Hall–Kier alpha value is -0.170. The average Bonchev–Trinajstić information content (AvgIpc) is 2.87. The second-order valence-electron chi connectivity index (χ2n) is 6.67. The molecule has 1 saturated carbocycles. The van der Waals surface area contributed by atoms with Gasteiger partial charge in [-0.3, -0.25) is 0 Å². The van der Waals surface area contributed by atoms with Gasteiger partial charge in [-0.05, 0) is 25.2 Å². The van der Waals surface area contributed by atoms with Crippen LogP contribution in [0.2, 0.25) is 0 Å². The van der Waals surface area contributed by atoms with Gasteiger partial charge in [0.2, 0.25) is 10.0 Å². The lowest BCUT2D eigenvalue weighted by molar-refractivity contribution is -0.138. The zero-order valence-corrected chi connectivity index (χ0v) is 13.7. The molecule has 1 saturated heterocycles. The lowest BCUT2D eigenvalue weighted by Gasteiger charge is -2.56. The van der Waals surface area contributed by atoms with E-state index in [4.69, 9.17) is 9.47 Å². The highest BCUT2D eigenvalue weighted by Crippen LogP contribution is 2.47. The lowest BCUT2D eigenvalue weighted by Crippen LogP contribution is -2.68. The molecule has 1 heterocycles. The number of sulfonamides is 1.